The minimum absolute atomic E-state index is 0.488. The SMILES string of the molecule is Cc1cc(Cl)c(N=[N+]=[N-])cc1C. The second-order valence-corrected chi connectivity index (χ2v) is 2.98. The molecule has 0 aliphatic rings. The highest BCUT2D eigenvalue weighted by molar-refractivity contribution is 6.33. The van der Waals surface area contributed by atoms with E-state index in [-0.39, 0.29) is 0 Å². The summed E-state index contributed by atoms with van der Waals surface area (Å²) in [5, 5.41) is 3.95. The third-order valence-electron chi connectivity index (χ3n) is 1.72. The highest BCUT2D eigenvalue weighted by atomic mass is 35.5. The first-order valence-electron chi connectivity index (χ1n) is 3.47. The van der Waals surface area contributed by atoms with Gasteiger partial charge in [0.1, 0.15) is 0 Å². The van der Waals surface area contributed by atoms with Crippen LogP contribution in [0, 0.1) is 13.8 Å². The van der Waals surface area contributed by atoms with Gasteiger partial charge in [-0.3, -0.25) is 0 Å². The number of nitrogens with zero attached hydrogens (tertiary/aromatic N) is 3. The Morgan fingerprint density at radius 1 is 1.33 bits per heavy atom. The normalized spacial score (nSPS) is 9.25. The molecule has 0 amide bonds. The lowest BCUT2D eigenvalue weighted by atomic mass is 10.1. The van der Waals surface area contributed by atoms with E-state index in [4.69, 9.17) is 17.1 Å². The summed E-state index contributed by atoms with van der Waals surface area (Å²) in [6.07, 6.45) is 0. The Bertz CT molecular complexity index is 354. The van der Waals surface area contributed by atoms with Gasteiger partial charge in [0, 0.05) is 4.91 Å². The molecule has 0 aliphatic carbocycles. The van der Waals surface area contributed by atoms with Gasteiger partial charge in [-0.2, -0.15) is 0 Å². The Morgan fingerprint density at radius 2 is 1.92 bits per heavy atom. The maximum Gasteiger partial charge on any atom is 0.0564 e. The van der Waals surface area contributed by atoms with Crippen LogP contribution in [-0.4, -0.2) is 0 Å². The van der Waals surface area contributed by atoms with Gasteiger partial charge < -0.3 is 0 Å². The first kappa shape index (κ1) is 8.91. The van der Waals surface area contributed by atoms with E-state index in [1.807, 2.05) is 13.8 Å². The van der Waals surface area contributed by atoms with Crippen LogP contribution in [0.4, 0.5) is 5.69 Å². The van der Waals surface area contributed by atoms with Crippen molar-refractivity contribution < 1.29 is 0 Å². The average molecular weight is 182 g/mol. The fourth-order valence-electron chi connectivity index (χ4n) is 0.891. The molecule has 1 aromatic carbocycles. The van der Waals surface area contributed by atoms with Crippen LogP contribution in [0.2, 0.25) is 5.02 Å². The topological polar surface area (TPSA) is 48.8 Å². The molecule has 0 aliphatic heterocycles. The van der Waals surface area contributed by atoms with Crippen molar-refractivity contribution in [3.8, 4) is 0 Å². The Hall–Kier alpha value is -1.18. The third-order valence-corrected chi connectivity index (χ3v) is 2.02. The highest BCUT2D eigenvalue weighted by Crippen LogP contribution is 2.27. The molecule has 0 fully saturated rings. The average Bonchev–Trinajstić information content (AvgIpc) is 2.01. The molecule has 0 spiro atoms. The van der Waals surface area contributed by atoms with Crippen LogP contribution in [0.3, 0.4) is 0 Å². The lowest BCUT2D eigenvalue weighted by molar-refractivity contribution is 1.32. The molecule has 3 nitrogen and oxygen atoms in total. The van der Waals surface area contributed by atoms with Crippen LogP contribution in [0.25, 0.3) is 10.4 Å². The van der Waals surface area contributed by atoms with Gasteiger partial charge in [-0.05, 0) is 42.6 Å². The van der Waals surface area contributed by atoms with E-state index < -0.39 is 0 Å². The summed E-state index contributed by atoms with van der Waals surface area (Å²) in [4.78, 5) is 2.68. The van der Waals surface area contributed by atoms with E-state index in [1.165, 1.54) is 0 Å². The Kier molecular flexibility index (Phi) is 2.58. The standard InChI is InChI=1S/C8H8ClN3/c1-5-3-7(9)8(11-12-10)4-6(5)2/h3-4H,1-2H3. The maximum absolute atomic E-state index is 8.20. The zero-order valence-electron chi connectivity index (χ0n) is 6.87. The minimum atomic E-state index is 0.488. The van der Waals surface area contributed by atoms with Gasteiger partial charge in [0.2, 0.25) is 0 Å². The number of hydrogen-bond donors (Lipinski definition) is 0. The fraction of sp³-hybridized carbons (Fsp3) is 0.250. The summed E-state index contributed by atoms with van der Waals surface area (Å²) >= 11 is 5.82. The van der Waals surface area contributed by atoms with Crippen molar-refractivity contribution in [1.29, 1.82) is 0 Å². The monoisotopic (exact) mass is 181 g/mol. The summed E-state index contributed by atoms with van der Waals surface area (Å²) in [6.45, 7) is 3.91. The molecule has 0 saturated heterocycles. The number of benzene rings is 1. The molecule has 0 unspecified atom stereocenters. The molecule has 1 aromatic rings. The molecule has 1 rings (SSSR count). The van der Waals surface area contributed by atoms with Crippen LogP contribution >= 0.6 is 11.6 Å². The molecule has 0 aromatic heterocycles. The number of halogens is 1. The zero-order chi connectivity index (χ0) is 9.14. The predicted molar refractivity (Wildman–Crippen MR) is 49.7 cm³/mol. The zero-order valence-corrected chi connectivity index (χ0v) is 7.63. The predicted octanol–water partition coefficient (Wildman–Crippen LogP) is 3.90. The molecular formula is C8H8ClN3. The van der Waals surface area contributed by atoms with E-state index in [1.54, 1.807) is 12.1 Å². The quantitative estimate of drug-likeness (QED) is 0.359. The smallest absolute Gasteiger partial charge is 0.0564 e. The Balaban J connectivity index is 3.32. The van der Waals surface area contributed by atoms with Gasteiger partial charge in [0.15, 0.2) is 0 Å². The molecule has 4 heteroatoms. The first-order valence-corrected chi connectivity index (χ1v) is 3.85. The molecule has 0 saturated carbocycles. The first-order chi connectivity index (χ1) is 5.65. The van der Waals surface area contributed by atoms with Crippen molar-refractivity contribution in [2.45, 2.75) is 13.8 Å². The van der Waals surface area contributed by atoms with Crippen molar-refractivity contribution in [2.75, 3.05) is 0 Å². The van der Waals surface area contributed by atoms with Gasteiger partial charge in [0.25, 0.3) is 0 Å². The minimum Gasteiger partial charge on any atom is -0.0838 e. The summed E-state index contributed by atoms with van der Waals surface area (Å²) < 4.78 is 0. The second kappa shape index (κ2) is 3.48. The van der Waals surface area contributed by atoms with Crippen molar-refractivity contribution >= 4 is 17.3 Å². The summed E-state index contributed by atoms with van der Waals surface area (Å²) in [5.74, 6) is 0. The summed E-state index contributed by atoms with van der Waals surface area (Å²) in [5.41, 5.74) is 10.9. The Labute approximate surface area is 75.6 Å². The van der Waals surface area contributed by atoms with Gasteiger partial charge in [-0.25, -0.2) is 0 Å². The van der Waals surface area contributed by atoms with Gasteiger partial charge in [0.05, 0.1) is 10.7 Å². The van der Waals surface area contributed by atoms with Gasteiger partial charge >= 0.3 is 0 Å². The molecule has 0 atom stereocenters. The highest BCUT2D eigenvalue weighted by Gasteiger charge is 2.00. The largest absolute Gasteiger partial charge is 0.0838 e. The van der Waals surface area contributed by atoms with Crippen LogP contribution in [0.5, 0.6) is 0 Å². The molecular weight excluding hydrogens is 174 g/mol. The maximum atomic E-state index is 8.20. The number of hydrogen-bond acceptors (Lipinski definition) is 1. The van der Waals surface area contributed by atoms with E-state index >= 15 is 0 Å². The molecule has 62 valence electrons. The molecule has 0 N–H and O–H groups in total. The number of aryl methyl sites for hydroxylation is 2. The van der Waals surface area contributed by atoms with Crippen molar-refractivity contribution in [3.63, 3.8) is 0 Å². The van der Waals surface area contributed by atoms with Crippen molar-refractivity contribution in [2.24, 2.45) is 5.11 Å². The van der Waals surface area contributed by atoms with E-state index in [2.05, 4.69) is 10.0 Å². The molecule has 12 heavy (non-hydrogen) atoms. The summed E-state index contributed by atoms with van der Waals surface area (Å²) in [6, 6.07) is 3.57. The molecule has 0 heterocycles. The lowest BCUT2D eigenvalue weighted by Crippen LogP contribution is -1.79. The van der Waals surface area contributed by atoms with E-state index in [0.29, 0.717) is 10.7 Å². The second-order valence-electron chi connectivity index (χ2n) is 2.58. The Morgan fingerprint density at radius 3 is 2.50 bits per heavy atom. The molecule has 0 radical (unpaired) electrons. The van der Waals surface area contributed by atoms with Crippen molar-refractivity contribution in [1.82, 2.24) is 0 Å². The van der Waals surface area contributed by atoms with Gasteiger partial charge in [-0.1, -0.05) is 16.7 Å². The van der Waals surface area contributed by atoms with Crippen LogP contribution in [0.15, 0.2) is 17.2 Å². The van der Waals surface area contributed by atoms with Crippen LogP contribution < -0.4 is 0 Å². The third kappa shape index (κ3) is 1.70. The number of rotatable bonds is 1. The fourth-order valence-corrected chi connectivity index (χ4v) is 1.15. The van der Waals surface area contributed by atoms with E-state index in [0.717, 1.165) is 11.1 Å². The van der Waals surface area contributed by atoms with Crippen LogP contribution in [0.1, 0.15) is 11.1 Å². The van der Waals surface area contributed by atoms with E-state index in [9.17, 15) is 0 Å². The number of azide groups is 1. The van der Waals surface area contributed by atoms with Crippen molar-refractivity contribution in [3.05, 3.63) is 38.7 Å². The molecule has 0 bridgehead atoms. The van der Waals surface area contributed by atoms with Gasteiger partial charge in [-0.15, -0.1) is 0 Å². The lowest BCUT2D eigenvalue weighted by Gasteiger charge is -2.02. The summed E-state index contributed by atoms with van der Waals surface area (Å²) in [7, 11) is 0. The van der Waals surface area contributed by atoms with Crippen LogP contribution in [-0.2, 0) is 0 Å².